The number of hydrogen-bond acceptors (Lipinski definition) is 4. The molecule has 2 N–H and O–H groups in total. The second-order valence-corrected chi connectivity index (χ2v) is 5.13. The van der Waals surface area contributed by atoms with E-state index >= 15 is 0 Å². The molecule has 1 aromatic heterocycles. The van der Waals surface area contributed by atoms with Crippen LogP contribution in [-0.4, -0.2) is 23.0 Å². The molecule has 2 heterocycles. The second-order valence-electron chi connectivity index (χ2n) is 5.13. The lowest BCUT2D eigenvalue weighted by Crippen LogP contribution is -2.20. The number of nitrogen functional groups attached to an aromatic ring is 1. The highest BCUT2D eigenvalue weighted by Gasteiger charge is 2.22. The average molecular weight is 245 g/mol. The van der Waals surface area contributed by atoms with Crippen LogP contribution >= 0.6 is 0 Å². The molecule has 1 aromatic carbocycles. The van der Waals surface area contributed by atoms with Crippen molar-refractivity contribution < 1.29 is 4.42 Å². The monoisotopic (exact) mass is 245 g/mol. The van der Waals surface area contributed by atoms with Crippen LogP contribution in [0.2, 0.25) is 0 Å². The standard InChI is InChI=1S/C14H19N3O/c1-2-10-5-6-17(8-10)9-14-16-12-7-11(15)3-4-13(12)18-14/h3-4,7,10H,2,5-6,8-9,15H2,1H3. The van der Waals surface area contributed by atoms with E-state index in [9.17, 15) is 0 Å². The Balaban J connectivity index is 1.75. The van der Waals surface area contributed by atoms with E-state index in [4.69, 9.17) is 10.2 Å². The lowest BCUT2D eigenvalue weighted by molar-refractivity contribution is 0.283. The Morgan fingerprint density at radius 1 is 1.50 bits per heavy atom. The van der Waals surface area contributed by atoms with Gasteiger partial charge in [0.1, 0.15) is 5.52 Å². The highest BCUT2D eigenvalue weighted by molar-refractivity contribution is 5.76. The Bertz CT molecular complexity index is 549. The zero-order valence-corrected chi connectivity index (χ0v) is 10.7. The molecule has 96 valence electrons. The topological polar surface area (TPSA) is 55.3 Å². The van der Waals surface area contributed by atoms with Crippen LogP contribution in [-0.2, 0) is 6.54 Å². The minimum atomic E-state index is 0.731. The van der Waals surface area contributed by atoms with Crippen molar-refractivity contribution in [3.63, 3.8) is 0 Å². The highest BCUT2D eigenvalue weighted by atomic mass is 16.3. The maximum absolute atomic E-state index is 5.75. The van der Waals surface area contributed by atoms with Crippen LogP contribution < -0.4 is 5.73 Å². The van der Waals surface area contributed by atoms with Crippen molar-refractivity contribution in [3.8, 4) is 0 Å². The van der Waals surface area contributed by atoms with Gasteiger partial charge in [0.05, 0.1) is 6.54 Å². The molecule has 4 nitrogen and oxygen atoms in total. The fraction of sp³-hybridized carbons (Fsp3) is 0.500. The van der Waals surface area contributed by atoms with Gasteiger partial charge < -0.3 is 10.2 Å². The van der Waals surface area contributed by atoms with Crippen molar-refractivity contribution in [1.82, 2.24) is 9.88 Å². The van der Waals surface area contributed by atoms with E-state index in [1.165, 1.54) is 12.8 Å². The first kappa shape index (κ1) is 11.5. The van der Waals surface area contributed by atoms with Crippen LogP contribution in [0.3, 0.4) is 0 Å². The van der Waals surface area contributed by atoms with Crippen molar-refractivity contribution in [1.29, 1.82) is 0 Å². The first-order chi connectivity index (χ1) is 8.74. The van der Waals surface area contributed by atoms with Gasteiger partial charge in [0.2, 0.25) is 5.89 Å². The maximum atomic E-state index is 5.75. The van der Waals surface area contributed by atoms with Crippen molar-refractivity contribution in [2.75, 3.05) is 18.8 Å². The Hall–Kier alpha value is -1.55. The van der Waals surface area contributed by atoms with Gasteiger partial charge in [0, 0.05) is 12.2 Å². The highest BCUT2D eigenvalue weighted by Crippen LogP contribution is 2.23. The van der Waals surface area contributed by atoms with Gasteiger partial charge in [-0.1, -0.05) is 13.3 Å². The molecule has 1 fully saturated rings. The molecule has 2 aromatic rings. The van der Waals surface area contributed by atoms with Crippen LogP contribution in [0.25, 0.3) is 11.1 Å². The lowest BCUT2D eigenvalue weighted by Gasteiger charge is -2.12. The van der Waals surface area contributed by atoms with Crippen LogP contribution in [0.1, 0.15) is 25.7 Å². The summed E-state index contributed by atoms with van der Waals surface area (Å²) in [6.45, 7) is 5.39. The number of rotatable bonds is 3. The number of aromatic nitrogens is 1. The van der Waals surface area contributed by atoms with E-state index in [1.807, 2.05) is 18.2 Å². The van der Waals surface area contributed by atoms with Gasteiger partial charge in [0.15, 0.2) is 5.58 Å². The van der Waals surface area contributed by atoms with Gasteiger partial charge in [-0.15, -0.1) is 0 Å². The summed E-state index contributed by atoms with van der Waals surface area (Å²) in [7, 11) is 0. The quantitative estimate of drug-likeness (QED) is 0.845. The molecule has 18 heavy (non-hydrogen) atoms. The van der Waals surface area contributed by atoms with E-state index < -0.39 is 0 Å². The molecule has 1 aliphatic rings. The third kappa shape index (κ3) is 2.20. The number of anilines is 1. The Morgan fingerprint density at radius 2 is 2.39 bits per heavy atom. The molecule has 3 rings (SSSR count). The minimum absolute atomic E-state index is 0.731. The SMILES string of the molecule is CCC1CCN(Cc2nc3cc(N)ccc3o2)C1. The second kappa shape index (κ2) is 4.61. The number of oxazole rings is 1. The normalized spacial score (nSPS) is 20.8. The molecule has 0 bridgehead atoms. The van der Waals surface area contributed by atoms with E-state index in [-0.39, 0.29) is 0 Å². The summed E-state index contributed by atoms with van der Waals surface area (Å²) >= 11 is 0. The van der Waals surface area contributed by atoms with Gasteiger partial charge in [0.25, 0.3) is 0 Å². The third-order valence-electron chi connectivity index (χ3n) is 3.76. The Labute approximate surface area is 107 Å². The number of likely N-dealkylation sites (tertiary alicyclic amines) is 1. The van der Waals surface area contributed by atoms with Gasteiger partial charge in [-0.25, -0.2) is 4.98 Å². The first-order valence-corrected chi connectivity index (χ1v) is 6.62. The van der Waals surface area contributed by atoms with Gasteiger partial charge in [-0.2, -0.15) is 0 Å². The van der Waals surface area contributed by atoms with E-state index in [1.54, 1.807) is 0 Å². The molecule has 0 radical (unpaired) electrons. The van der Waals surface area contributed by atoms with Crippen LogP contribution in [0, 0.1) is 5.92 Å². The van der Waals surface area contributed by atoms with Crippen LogP contribution in [0.5, 0.6) is 0 Å². The average Bonchev–Trinajstić information content (AvgIpc) is 2.95. The fourth-order valence-corrected chi connectivity index (χ4v) is 2.64. The van der Waals surface area contributed by atoms with Gasteiger partial charge in [-0.3, -0.25) is 4.90 Å². The molecule has 0 amide bonds. The summed E-state index contributed by atoms with van der Waals surface area (Å²) in [5.41, 5.74) is 8.15. The first-order valence-electron chi connectivity index (χ1n) is 6.62. The Kier molecular flexibility index (Phi) is 2.96. The summed E-state index contributed by atoms with van der Waals surface area (Å²) in [6.07, 6.45) is 2.56. The number of fused-ring (bicyclic) bond motifs is 1. The summed E-state index contributed by atoms with van der Waals surface area (Å²) < 4.78 is 5.75. The van der Waals surface area contributed by atoms with Crippen LogP contribution in [0.4, 0.5) is 5.69 Å². The van der Waals surface area contributed by atoms with Crippen molar-refractivity contribution in [2.45, 2.75) is 26.3 Å². The molecule has 0 aliphatic carbocycles. The summed E-state index contributed by atoms with van der Waals surface area (Å²) in [5, 5.41) is 0. The van der Waals surface area contributed by atoms with Crippen molar-refractivity contribution in [2.24, 2.45) is 5.92 Å². The minimum Gasteiger partial charge on any atom is -0.439 e. The van der Waals surface area contributed by atoms with Crippen molar-refractivity contribution in [3.05, 3.63) is 24.1 Å². The molecule has 1 aliphatic heterocycles. The zero-order chi connectivity index (χ0) is 12.5. The predicted octanol–water partition coefficient (Wildman–Crippen LogP) is 2.64. The number of nitrogens with zero attached hydrogens (tertiary/aromatic N) is 2. The van der Waals surface area contributed by atoms with Gasteiger partial charge >= 0.3 is 0 Å². The van der Waals surface area contributed by atoms with Crippen LogP contribution in [0.15, 0.2) is 22.6 Å². The number of benzene rings is 1. The zero-order valence-electron chi connectivity index (χ0n) is 10.7. The maximum Gasteiger partial charge on any atom is 0.209 e. The molecule has 0 spiro atoms. The molecule has 1 atom stereocenters. The molecular formula is C14H19N3O. The van der Waals surface area contributed by atoms with E-state index in [0.717, 1.165) is 48.2 Å². The molecule has 0 saturated carbocycles. The fourth-order valence-electron chi connectivity index (χ4n) is 2.64. The molecule has 4 heteroatoms. The molecular weight excluding hydrogens is 226 g/mol. The van der Waals surface area contributed by atoms with E-state index in [2.05, 4.69) is 16.8 Å². The van der Waals surface area contributed by atoms with Crippen molar-refractivity contribution >= 4 is 16.8 Å². The van der Waals surface area contributed by atoms with Gasteiger partial charge in [-0.05, 0) is 37.1 Å². The molecule has 1 saturated heterocycles. The number of hydrogen-bond donors (Lipinski definition) is 1. The molecule has 1 unspecified atom stereocenters. The summed E-state index contributed by atoms with van der Waals surface area (Å²) in [4.78, 5) is 6.92. The predicted molar refractivity (Wildman–Crippen MR) is 72.1 cm³/mol. The summed E-state index contributed by atoms with van der Waals surface area (Å²) in [5.74, 6) is 1.64. The Morgan fingerprint density at radius 3 is 3.17 bits per heavy atom. The lowest BCUT2D eigenvalue weighted by atomic mass is 10.1. The van der Waals surface area contributed by atoms with E-state index in [0.29, 0.717) is 0 Å². The third-order valence-corrected chi connectivity index (χ3v) is 3.76. The summed E-state index contributed by atoms with van der Waals surface area (Å²) in [6, 6.07) is 5.60. The largest absolute Gasteiger partial charge is 0.439 e. The number of nitrogens with two attached hydrogens (primary N) is 1. The smallest absolute Gasteiger partial charge is 0.209 e.